The first-order valence-corrected chi connectivity index (χ1v) is 6.61. The maximum atomic E-state index is 12.5. The fourth-order valence-corrected chi connectivity index (χ4v) is 2.63. The monoisotopic (exact) mass is 247 g/mol. The number of hydrogen-bond acceptors (Lipinski definition) is 3. The second kappa shape index (κ2) is 5.48. The van der Waals surface area contributed by atoms with E-state index < -0.39 is 0 Å². The lowest BCUT2D eigenvalue weighted by molar-refractivity contribution is 0.0504. The van der Waals surface area contributed by atoms with Gasteiger partial charge in [0.05, 0.1) is 0 Å². The highest BCUT2D eigenvalue weighted by Gasteiger charge is 2.30. The molecule has 18 heavy (non-hydrogen) atoms. The minimum atomic E-state index is 0.0401. The quantitative estimate of drug-likeness (QED) is 0.869. The summed E-state index contributed by atoms with van der Waals surface area (Å²) in [5.41, 5.74) is 7.00. The van der Waals surface area contributed by atoms with E-state index in [0.29, 0.717) is 24.3 Å². The van der Waals surface area contributed by atoms with Gasteiger partial charge in [0.25, 0.3) is 5.91 Å². The summed E-state index contributed by atoms with van der Waals surface area (Å²) in [6.45, 7) is 4.68. The van der Waals surface area contributed by atoms with Crippen LogP contribution in [0, 0.1) is 0 Å². The first-order chi connectivity index (χ1) is 8.63. The van der Waals surface area contributed by atoms with E-state index in [0.717, 1.165) is 18.4 Å². The Morgan fingerprint density at radius 1 is 1.39 bits per heavy atom. The zero-order chi connectivity index (χ0) is 13.1. The fraction of sp³-hybridized carbons (Fsp3) is 0.571. The van der Waals surface area contributed by atoms with Gasteiger partial charge in [0.2, 0.25) is 0 Å². The number of nitrogens with zero attached hydrogens (tertiary/aromatic N) is 2. The molecule has 0 unspecified atom stereocenters. The van der Waals surface area contributed by atoms with Crippen LogP contribution in [0.15, 0.2) is 18.3 Å². The Hall–Kier alpha value is -1.42. The minimum Gasteiger partial charge on any atom is -0.332 e. The van der Waals surface area contributed by atoms with Crippen molar-refractivity contribution in [3.8, 4) is 0 Å². The van der Waals surface area contributed by atoms with Crippen molar-refractivity contribution < 1.29 is 4.79 Å². The molecule has 0 radical (unpaired) electrons. The summed E-state index contributed by atoms with van der Waals surface area (Å²) in [6, 6.07) is 4.26. The number of hydrogen-bond donors (Lipinski definition) is 1. The maximum Gasteiger partial charge on any atom is 0.272 e. The van der Waals surface area contributed by atoms with Gasteiger partial charge in [-0.25, -0.2) is 0 Å². The Kier molecular flexibility index (Phi) is 3.97. The van der Waals surface area contributed by atoms with Crippen LogP contribution in [-0.4, -0.2) is 27.9 Å². The molecule has 0 spiro atoms. The number of rotatable bonds is 2. The van der Waals surface area contributed by atoms with Gasteiger partial charge in [-0.15, -0.1) is 0 Å². The van der Waals surface area contributed by atoms with Crippen LogP contribution in [0.2, 0.25) is 0 Å². The van der Waals surface area contributed by atoms with Gasteiger partial charge in [-0.05, 0) is 44.7 Å². The molecule has 98 valence electrons. The smallest absolute Gasteiger partial charge is 0.272 e. The molecule has 2 rings (SSSR count). The standard InChI is InChI=1S/C14H21N3O/c1-10-4-3-5-11(2)17(10)14(18)13-7-6-12(8-15)9-16-13/h6-7,9-11H,3-5,8,15H2,1-2H3/t10-,11+. The molecule has 2 heterocycles. The zero-order valence-electron chi connectivity index (χ0n) is 11.1. The van der Waals surface area contributed by atoms with E-state index in [2.05, 4.69) is 18.8 Å². The van der Waals surface area contributed by atoms with Crippen LogP contribution in [-0.2, 0) is 6.54 Å². The van der Waals surface area contributed by atoms with E-state index in [1.807, 2.05) is 11.0 Å². The third kappa shape index (κ3) is 2.53. The third-order valence-corrected chi connectivity index (χ3v) is 3.71. The maximum absolute atomic E-state index is 12.5. The summed E-state index contributed by atoms with van der Waals surface area (Å²) in [5, 5.41) is 0. The van der Waals surface area contributed by atoms with E-state index in [1.165, 1.54) is 6.42 Å². The van der Waals surface area contributed by atoms with Crippen molar-refractivity contribution in [1.82, 2.24) is 9.88 Å². The van der Waals surface area contributed by atoms with Gasteiger partial charge in [-0.3, -0.25) is 9.78 Å². The van der Waals surface area contributed by atoms with Gasteiger partial charge in [0.15, 0.2) is 0 Å². The van der Waals surface area contributed by atoms with Gasteiger partial charge in [0, 0.05) is 24.8 Å². The predicted octanol–water partition coefficient (Wildman–Crippen LogP) is 1.94. The van der Waals surface area contributed by atoms with Crippen molar-refractivity contribution >= 4 is 5.91 Å². The minimum absolute atomic E-state index is 0.0401. The summed E-state index contributed by atoms with van der Waals surface area (Å²) < 4.78 is 0. The normalized spacial score (nSPS) is 24.1. The van der Waals surface area contributed by atoms with Crippen molar-refractivity contribution in [3.63, 3.8) is 0 Å². The lowest BCUT2D eigenvalue weighted by atomic mass is 9.97. The second-order valence-electron chi connectivity index (χ2n) is 5.10. The van der Waals surface area contributed by atoms with Crippen LogP contribution >= 0.6 is 0 Å². The Labute approximate surface area is 108 Å². The molecule has 0 aromatic carbocycles. The molecular formula is C14H21N3O. The molecule has 4 nitrogen and oxygen atoms in total. The number of likely N-dealkylation sites (tertiary alicyclic amines) is 1. The first-order valence-electron chi connectivity index (χ1n) is 6.61. The summed E-state index contributed by atoms with van der Waals surface area (Å²) in [7, 11) is 0. The van der Waals surface area contributed by atoms with E-state index in [-0.39, 0.29) is 5.91 Å². The van der Waals surface area contributed by atoms with Crippen molar-refractivity contribution in [2.24, 2.45) is 5.73 Å². The number of amides is 1. The van der Waals surface area contributed by atoms with Crippen LogP contribution in [0.5, 0.6) is 0 Å². The molecule has 2 N–H and O–H groups in total. The largest absolute Gasteiger partial charge is 0.332 e. The van der Waals surface area contributed by atoms with E-state index in [9.17, 15) is 4.79 Å². The molecule has 1 aromatic rings. The van der Waals surface area contributed by atoms with Gasteiger partial charge in [-0.2, -0.15) is 0 Å². The highest BCUT2D eigenvalue weighted by Crippen LogP contribution is 2.24. The number of aromatic nitrogens is 1. The SMILES string of the molecule is C[C@@H]1CCC[C@H](C)N1C(=O)c1ccc(CN)cn1. The van der Waals surface area contributed by atoms with E-state index in [4.69, 9.17) is 5.73 Å². The van der Waals surface area contributed by atoms with Gasteiger partial charge in [-0.1, -0.05) is 6.07 Å². The average Bonchev–Trinajstić information content (AvgIpc) is 2.38. The van der Waals surface area contributed by atoms with Crippen LogP contribution in [0.25, 0.3) is 0 Å². The van der Waals surface area contributed by atoms with Crippen LogP contribution in [0.1, 0.15) is 49.2 Å². The van der Waals surface area contributed by atoms with Gasteiger partial charge < -0.3 is 10.6 Å². The molecule has 1 aliphatic heterocycles. The number of carbonyl (C=O) groups is 1. The number of nitrogens with two attached hydrogens (primary N) is 1. The Morgan fingerprint density at radius 3 is 2.56 bits per heavy atom. The zero-order valence-corrected chi connectivity index (χ0v) is 11.1. The number of carbonyl (C=O) groups excluding carboxylic acids is 1. The van der Waals surface area contributed by atoms with Crippen molar-refractivity contribution in [2.75, 3.05) is 0 Å². The van der Waals surface area contributed by atoms with E-state index in [1.54, 1.807) is 12.3 Å². The van der Waals surface area contributed by atoms with Gasteiger partial charge >= 0.3 is 0 Å². The summed E-state index contributed by atoms with van der Waals surface area (Å²) in [4.78, 5) is 18.6. The van der Waals surface area contributed by atoms with Crippen LogP contribution < -0.4 is 5.73 Å². The molecule has 0 aliphatic carbocycles. The molecule has 4 heteroatoms. The molecule has 1 amide bonds. The number of pyridine rings is 1. The summed E-state index contributed by atoms with van der Waals surface area (Å²) >= 11 is 0. The number of piperidine rings is 1. The summed E-state index contributed by atoms with van der Waals surface area (Å²) in [6.07, 6.45) is 5.05. The lowest BCUT2D eigenvalue weighted by Crippen LogP contribution is -2.47. The summed E-state index contributed by atoms with van der Waals surface area (Å²) in [5.74, 6) is 0.0401. The average molecular weight is 247 g/mol. The van der Waals surface area contributed by atoms with Crippen molar-refractivity contribution in [3.05, 3.63) is 29.6 Å². The fourth-order valence-electron chi connectivity index (χ4n) is 2.63. The molecule has 1 fully saturated rings. The highest BCUT2D eigenvalue weighted by atomic mass is 16.2. The third-order valence-electron chi connectivity index (χ3n) is 3.71. The molecule has 2 atom stereocenters. The predicted molar refractivity (Wildman–Crippen MR) is 71.1 cm³/mol. The van der Waals surface area contributed by atoms with Crippen molar-refractivity contribution in [1.29, 1.82) is 0 Å². The van der Waals surface area contributed by atoms with Crippen LogP contribution in [0.3, 0.4) is 0 Å². The van der Waals surface area contributed by atoms with Crippen LogP contribution in [0.4, 0.5) is 0 Å². The highest BCUT2D eigenvalue weighted by molar-refractivity contribution is 5.92. The molecule has 1 aliphatic rings. The van der Waals surface area contributed by atoms with Gasteiger partial charge in [0.1, 0.15) is 5.69 Å². The molecule has 1 aromatic heterocycles. The Bertz CT molecular complexity index is 406. The Balaban J connectivity index is 2.18. The second-order valence-corrected chi connectivity index (χ2v) is 5.10. The van der Waals surface area contributed by atoms with Crippen molar-refractivity contribution in [2.45, 2.75) is 51.7 Å². The lowest BCUT2D eigenvalue weighted by Gasteiger charge is -2.38. The molecule has 0 bridgehead atoms. The van der Waals surface area contributed by atoms with E-state index >= 15 is 0 Å². The Morgan fingerprint density at radius 2 is 2.06 bits per heavy atom. The topological polar surface area (TPSA) is 59.2 Å². The molecule has 0 saturated carbocycles. The molecular weight excluding hydrogens is 226 g/mol. The first kappa shape index (κ1) is 13.0. The molecule has 1 saturated heterocycles.